The third-order valence-corrected chi connectivity index (χ3v) is 5.88. The van der Waals surface area contributed by atoms with Crippen LogP contribution in [0.5, 0.6) is 0 Å². The molecule has 1 aliphatic rings. The topological polar surface area (TPSA) is 127 Å². The van der Waals surface area contributed by atoms with Gasteiger partial charge in [-0.2, -0.15) is 0 Å². The Morgan fingerprint density at radius 2 is 2.00 bits per heavy atom. The Morgan fingerprint density at radius 1 is 1.31 bits per heavy atom. The Hall–Kier alpha value is -2.62. The molecule has 156 valence electrons. The van der Waals surface area contributed by atoms with Crippen molar-refractivity contribution in [3.05, 3.63) is 39.3 Å². The average Bonchev–Trinajstić information content (AvgIpc) is 3.24. The van der Waals surface area contributed by atoms with E-state index in [0.29, 0.717) is 11.7 Å². The molecule has 0 bridgehead atoms. The molecule has 0 unspecified atom stereocenters. The molecule has 29 heavy (non-hydrogen) atoms. The molecule has 1 amide bonds. The van der Waals surface area contributed by atoms with Gasteiger partial charge in [-0.05, 0) is 25.3 Å². The van der Waals surface area contributed by atoms with Crippen molar-refractivity contribution in [2.24, 2.45) is 0 Å². The predicted molar refractivity (Wildman–Crippen MR) is 113 cm³/mol. The van der Waals surface area contributed by atoms with Gasteiger partial charge in [-0.25, -0.2) is 14.8 Å². The summed E-state index contributed by atoms with van der Waals surface area (Å²) >= 11 is 1.21. The highest BCUT2D eigenvalue weighted by molar-refractivity contribution is 7.99. The first-order valence-corrected chi connectivity index (χ1v) is 10.9. The first-order chi connectivity index (χ1) is 14.0. The summed E-state index contributed by atoms with van der Waals surface area (Å²) in [5, 5.41) is 0.488. The number of nitrogen functional groups attached to an aromatic ring is 1. The summed E-state index contributed by atoms with van der Waals surface area (Å²) in [6.07, 6.45) is 8.40. The van der Waals surface area contributed by atoms with Crippen LogP contribution in [-0.2, 0) is 11.3 Å². The number of amides is 1. The Balaban J connectivity index is 1.95. The molecule has 2 heterocycles. The second-order valence-electron chi connectivity index (χ2n) is 7.02. The van der Waals surface area contributed by atoms with Crippen LogP contribution < -0.4 is 21.9 Å². The van der Waals surface area contributed by atoms with Crippen molar-refractivity contribution in [1.29, 1.82) is 0 Å². The number of thioether (sulfide) groups is 1. The minimum Gasteiger partial charge on any atom is -0.383 e. The summed E-state index contributed by atoms with van der Waals surface area (Å²) < 4.78 is 1.35. The van der Waals surface area contributed by atoms with Gasteiger partial charge in [0.25, 0.3) is 5.56 Å². The zero-order valence-electron chi connectivity index (χ0n) is 16.5. The number of hydrogen-bond donors (Lipinski definition) is 2. The number of rotatable bonds is 8. The minimum atomic E-state index is -0.624. The number of nitrogens with one attached hydrogen (secondary N) is 1. The van der Waals surface area contributed by atoms with Crippen molar-refractivity contribution in [2.75, 3.05) is 16.4 Å². The number of aromatic nitrogens is 4. The third kappa shape index (κ3) is 4.87. The number of H-pyrrole nitrogens is 1. The van der Waals surface area contributed by atoms with Crippen molar-refractivity contribution in [3.8, 4) is 0 Å². The largest absolute Gasteiger partial charge is 0.383 e. The highest BCUT2D eigenvalue weighted by atomic mass is 32.2. The van der Waals surface area contributed by atoms with Crippen molar-refractivity contribution in [3.63, 3.8) is 0 Å². The SMILES string of the molecule is CCCCn1c(N)c(N(C(=O)CSc2ncccn2)C2CCCC2)c(=O)[nH]c1=O. The van der Waals surface area contributed by atoms with Crippen LogP contribution in [0.3, 0.4) is 0 Å². The van der Waals surface area contributed by atoms with Crippen molar-refractivity contribution >= 4 is 29.2 Å². The molecule has 0 radical (unpaired) electrons. The fourth-order valence-electron chi connectivity index (χ4n) is 3.58. The van der Waals surface area contributed by atoms with Crippen LogP contribution in [0.25, 0.3) is 0 Å². The third-order valence-electron chi connectivity index (χ3n) is 5.02. The second-order valence-corrected chi connectivity index (χ2v) is 7.96. The van der Waals surface area contributed by atoms with E-state index >= 15 is 0 Å². The van der Waals surface area contributed by atoms with E-state index in [9.17, 15) is 14.4 Å². The van der Waals surface area contributed by atoms with Gasteiger partial charge in [0, 0.05) is 25.0 Å². The van der Waals surface area contributed by atoms with Crippen LogP contribution >= 0.6 is 11.8 Å². The minimum absolute atomic E-state index is 0.0495. The fraction of sp³-hybridized carbons (Fsp3) is 0.526. The van der Waals surface area contributed by atoms with Crippen LogP contribution in [0.4, 0.5) is 11.5 Å². The van der Waals surface area contributed by atoms with E-state index in [1.54, 1.807) is 18.5 Å². The van der Waals surface area contributed by atoms with Gasteiger partial charge in [0.15, 0.2) is 10.8 Å². The molecular formula is C19H26N6O3S. The summed E-state index contributed by atoms with van der Waals surface area (Å²) in [6.45, 7) is 2.40. The summed E-state index contributed by atoms with van der Waals surface area (Å²) in [6, 6.07) is 1.59. The lowest BCUT2D eigenvalue weighted by molar-refractivity contribution is -0.116. The molecule has 9 nitrogen and oxygen atoms in total. The second kappa shape index (κ2) is 9.73. The standard InChI is InChI=1S/C19H26N6O3S/c1-2-3-11-24-16(20)15(17(27)23-19(24)28)25(13-7-4-5-8-13)14(26)12-29-18-21-9-6-10-22-18/h6,9-10,13H,2-5,7-8,11-12,20H2,1H3,(H,23,27,28). The van der Waals surface area contributed by atoms with Crippen LogP contribution in [-0.4, -0.2) is 37.2 Å². The quantitative estimate of drug-likeness (QED) is 0.494. The molecule has 1 fully saturated rings. The maximum absolute atomic E-state index is 13.2. The lowest BCUT2D eigenvalue weighted by Gasteiger charge is -2.29. The number of nitrogens with two attached hydrogens (primary N) is 1. The Bertz CT molecular complexity index is 953. The number of hydrogen-bond acceptors (Lipinski definition) is 7. The molecule has 2 aromatic heterocycles. The van der Waals surface area contributed by atoms with Gasteiger partial charge in [0.2, 0.25) is 5.91 Å². The van der Waals surface area contributed by atoms with Crippen molar-refractivity contribution < 1.29 is 4.79 Å². The number of unbranched alkanes of at least 4 members (excludes halogenated alkanes) is 1. The summed E-state index contributed by atoms with van der Waals surface area (Å²) in [5.41, 5.74) is 5.16. The van der Waals surface area contributed by atoms with Crippen LogP contribution in [0.2, 0.25) is 0 Å². The van der Waals surface area contributed by atoms with E-state index in [1.807, 2.05) is 6.92 Å². The maximum atomic E-state index is 13.2. The highest BCUT2D eigenvalue weighted by Crippen LogP contribution is 2.30. The van der Waals surface area contributed by atoms with E-state index in [2.05, 4.69) is 15.0 Å². The van der Waals surface area contributed by atoms with Gasteiger partial charge in [-0.1, -0.05) is 37.9 Å². The normalized spacial score (nSPS) is 14.2. The van der Waals surface area contributed by atoms with E-state index < -0.39 is 11.2 Å². The molecule has 0 atom stereocenters. The molecule has 3 rings (SSSR count). The van der Waals surface area contributed by atoms with E-state index in [4.69, 9.17) is 5.73 Å². The number of aromatic amines is 1. The average molecular weight is 419 g/mol. The Kier molecular flexibility index (Phi) is 7.08. The highest BCUT2D eigenvalue weighted by Gasteiger charge is 2.32. The number of anilines is 2. The molecule has 1 aliphatic carbocycles. The van der Waals surface area contributed by atoms with Crippen LogP contribution in [0.1, 0.15) is 45.4 Å². The van der Waals surface area contributed by atoms with E-state index in [-0.39, 0.29) is 29.2 Å². The van der Waals surface area contributed by atoms with Crippen LogP contribution in [0.15, 0.2) is 33.2 Å². The zero-order valence-corrected chi connectivity index (χ0v) is 17.3. The number of carbonyl (C=O) groups excluding carboxylic acids is 1. The molecule has 1 saturated carbocycles. The van der Waals surface area contributed by atoms with Gasteiger partial charge in [-0.3, -0.25) is 19.1 Å². The number of carbonyl (C=O) groups is 1. The maximum Gasteiger partial charge on any atom is 0.330 e. The first-order valence-electron chi connectivity index (χ1n) is 9.87. The fourth-order valence-corrected chi connectivity index (χ4v) is 4.24. The summed E-state index contributed by atoms with van der Waals surface area (Å²) in [4.78, 5) is 50.2. The molecule has 0 aromatic carbocycles. The first kappa shape index (κ1) is 21.1. The van der Waals surface area contributed by atoms with E-state index in [0.717, 1.165) is 38.5 Å². The molecule has 3 N–H and O–H groups in total. The summed E-state index contributed by atoms with van der Waals surface area (Å²) in [5.74, 6) is -0.117. The van der Waals surface area contributed by atoms with E-state index in [1.165, 1.54) is 21.2 Å². The van der Waals surface area contributed by atoms with Crippen molar-refractivity contribution in [1.82, 2.24) is 19.5 Å². The molecule has 10 heteroatoms. The number of nitrogens with zero attached hydrogens (tertiary/aromatic N) is 4. The van der Waals surface area contributed by atoms with Gasteiger partial charge in [0.1, 0.15) is 5.82 Å². The van der Waals surface area contributed by atoms with Crippen molar-refractivity contribution in [2.45, 2.75) is 63.2 Å². The molecule has 0 saturated heterocycles. The Labute approximate surface area is 172 Å². The van der Waals surface area contributed by atoms with Gasteiger partial charge >= 0.3 is 5.69 Å². The molecular weight excluding hydrogens is 392 g/mol. The van der Waals surface area contributed by atoms with Gasteiger partial charge < -0.3 is 10.6 Å². The smallest absolute Gasteiger partial charge is 0.330 e. The molecule has 0 aliphatic heterocycles. The van der Waals surface area contributed by atoms with Gasteiger partial charge in [-0.15, -0.1) is 0 Å². The predicted octanol–water partition coefficient (Wildman–Crippen LogP) is 1.78. The molecule has 0 spiro atoms. The monoisotopic (exact) mass is 418 g/mol. The summed E-state index contributed by atoms with van der Waals surface area (Å²) in [7, 11) is 0. The zero-order chi connectivity index (χ0) is 20.8. The lowest BCUT2D eigenvalue weighted by atomic mass is 10.2. The Morgan fingerprint density at radius 3 is 2.66 bits per heavy atom. The molecule has 2 aromatic rings. The van der Waals surface area contributed by atoms with Gasteiger partial charge in [0.05, 0.1) is 5.75 Å². The van der Waals surface area contributed by atoms with Crippen LogP contribution in [0, 0.1) is 0 Å². The lowest BCUT2D eigenvalue weighted by Crippen LogP contribution is -2.46.